The molecule has 1 amide bonds. The Morgan fingerprint density at radius 3 is 2.67 bits per heavy atom. The number of fused-ring (bicyclic) bond motifs is 1. The molecule has 2 aromatic rings. The summed E-state index contributed by atoms with van der Waals surface area (Å²) < 4.78 is 0. The summed E-state index contributed by atoms with van der Waals surface area (Å²) in [6.07, 6.45) is 3.08. The van der Waals surface area contributed by atoms with E-state index in [0.717, 1.165) is 42.4 Å². The van der Waals surface area contributed by atoms with E-state index in [1.165, 1.54) is 5.56 Å². The minimum atomic E-state index is -0.0729. The minimum absolute atomic E-state index is 0.0729. The third-order valence-corrected chi connectivity index (χ3v) is 5.37. The molecule has 2 heterocycles. The second kappa shape index (κ2) is 6.80. The van der Waals surface area contributed by atoms with Crippen LogP contribution < -0.4 is 5.56 Å². The van der Waals surface area contributed by atoms with E-state index in [1.54, 1.807) is 0 Å². The predicted molar refractivity (Wildman–Crippen MR) is 97.3 cm³/mol. The van der Waals surface area contributed by atoms with E-state index in [0.29, 0.717) is 24.3 Å². The summed E-state index contributed by atoms with van der Waals surface area (Å²) in [6, 6.07) is 6.04. The van der Waals surface area contributed by atoms with Crippen molar-refractivity contribution in [2.75, 3.05) is 13.1 Å². The molecule has 0 spiro atoms. The topological polar surface area (TPSA) is 53.2 Å². The fraction of sp³-hybridized carbons (Fsp3) is 0.500. The number of carbonyl (C=O) groups excluding carboxylic acids is 1. The maximum absolute atomic E-state index is 12.4. The second-order valence-corrected chi connectivity index (χ2v) is 7.16. The van der Waals surface area contributed by atoms with Crippen molar-refractivity contribution in [1.82, 2.24) is 9.88 Å². The normalized spacial score (nSPS) is 15.9. The van der Waals surface area contributed by atoms with Gasteiger partial charge in [0, 0.05) is 25.1 Å². The van der Waals surface area contributed by atoms with Crippen LogP contribution in [0, 0.1) is 19.8 Å². The fourth-order valence-electron chi connectivity index (χ4n) is 3.41. The molecule has 1 aliphatic rings. The van der Waals surface area contributed by atoms with Crippen LogP contribution in [0.5, 0.6) is 0 Å². The highest BCUT2D eigenvalue weighted by Crippen LogP contribution is 2.20. The molecule has 1 aromatic heterocycles. The van der Waals surface area contributed by atoms with Crippen molar-refractivity contribution in [3.63, 3.8) is 0 Å². The molecule has 0 radical (unpaired) electrons. The zero-order valence-corrected chi connectivity index (χ0v) is 14.8. The summed E-state index contributed by atoms with van der Waals surface area (Å²) in [6.45, 7) is 8.01. The van der Waals surface area contributed by atoms with Gasteiger partial charge in [0.1, 0.15) is 0 Å². The number of rotatable bonds is 3. The number of likely N-dealkylation sites (tertiary alicyclic amines) is 1. The number of nitrogens with one attached hydrogen (secondary N) is 1. The lowest BCUT2D eigenvalue weighted by atomic mass is 9.98. The zero-order valence-electron chi connectivity index (χ0n) is 14.8. The molecule has 0 saturated carbocycles. The predicted octanol–water partition coefficient (Wildman–Crippen LogP) is 3.34. The summed E-state index contributed by atoms with van der Waals surface area (Å²) in [4.78, 5) is 29.7. The lowest BCUT2D eigenvalue weighted by Gasteiger charge is -2.30. The summed E-state index contributed by atoms with van der Waals surface area (Å²) in [5.41, 5.74) is 3.80. The quantitative estimate of drug-likeness (QED) is 0.940. The molecule has 0 bridgehead atoms. The summed E-state index contributed by atoms with van der Waals surface area (Å²) in [7, 11) is 0. The molecule has 1 aromatic carbocycles. The number of nitrogens with zero attached hydrogens (tertiary/aromatic N) is 1. The van der Waals surface area contributed by atoms with Gasteiger partial charge in [0.15, 0.2) is 0 Å². The molecule has 128 valence electrons. The maximum Gasteiger partial charge on any atom is 0.251 e. The Labute approximate surface area is 142 Å². The molecule has 1 fully saturated rings. The average molecular weight is 326 g/mol. The van der Waals surface area contributed by atoms with Crippen molar-refractivity contribution in [3.05, 3.63) is 45.2 Å². The van der Waals surface area contributed by atoms with Gasteiger partial charge in [-0.25, -0.2) is 0 Å². The highest BCUT2D eigenvalue weighted by atomic mass is 16.2. The van der Waals surface area contributed by atoms with Gasteiger partial charge in [-0.05, 0) is 61.6 Å². The van der Waals surface area contributed by atoms with Crippen molar-refractivity contribution >= 4 is 16.8 Å². The SMILES string of the molecule is Cc1ccc2cc(CCC(=O)N3CCC(C)CC3)c(=O)[nH]c2c1C. The number of benzene rings is 1. The number of aryl methyl sites for hydroxylation is 3. The number of carbonyl (C=O) groups is 1. The van der Waals surface area contributed by atoms with E-state index in [2.05, 4.69) is 18.0 Å². The van der Waals surface area contributed by atoms with Crippen LogP contribution in [-0.2, 0) is 11.2 Å². The van der Waals surface area contributed by atoms with Crippen LogP contribution in [0.3, 0.4) is 0 Å². The van der Waals surface area contributed by atoms with Gasteiger partial charge >= 0.3 is 0 Å². The Kier molecular flexibility index (Phi) is 4.74. The maximum atomic E-state index is 12.4. The van der Waals surface area contributed by atoms with E-state index in [-0.39, 0.29) is 11.5 Å². The number of aromatic amines is 1. The molecule has 1 saturated heterocycles. The Hall–Kier alpha value is -2.10. The van der Waals surface area contributed by atoms with Gasteiger partial charge in [0.2, 0.25) is 5.91 Å². The standard InChI is InChI=1S/C20H26N2O2/c1-13-8-10-22(11-9-13)18(23)7-6-17-12-16-5-4-14(2)15(3)19(16)21-20(17)24/h4-5,12-13H,6-11H2,1-3H3,(H,21,24). The Bertz CT molecular complexity index is 814. The second-order valence-electron chi connectivity index (χ2n) is 7.16. The minimum Gasteiger partial charge on any atom is -0.343 e. The van der Waals surface area contributed by atoms with Crippen LogP contribution in [0.1, 0.15) is 42.9 Å². The molecule has 1 aliphatic heterocycles. The molecule has 1 N–H and O–H groups in total. The number of H-pyrrole nitrogens is 1. The molecule has 4 heteroatoms. The summed E-state index contributed by atoms with van der Waals surface area (Å²) >= 11 is 0. The number of piperidine rings is 1. The van der Waals surface area contributed by atoms with Crippen LogP contribution in [0.2, 0.25) is 0 Å². The monoisotopic (exact) mass is 326 g/mol. The van der Waals surface area contributed by atoms with Crippen molar-refractivity contribution in [2.24, 2.45) is 5.92 Å². The molecule has 4 nitrogen and oxygen atoms in total. The van der Waals surface area contributed by atoms with Gasteiger partial charge in [0.25, 0.3) is 5.56 Å². The van der Waals surface area contributed by atoms with E-state index < -0.39 is 0 Å². The molecule has 0 aliphatic carbocycles. The van der Waals surface area contributed by atoms with E-state index in [1.807, 2.05) is 30.9 Å². The van der Waals surface area contributed by atoms with Gasteiger partial charge in [-0.3, -0.25) is 9.59 Å². The first-order valence-corrected chi connectivity index (χ1v) is 8.85. The van der Waals surface area contributed by atoms with Crippen molar-refractivity contribution < 1.29 is 4.79 Å². The molecule has 0 unspecified atom stereocenters. The zero-order chi connectivity index (χ0) is 17.3. The van der Waals surface area contributed by atoms with Crippen LogP contribution in [0.4, 0.5) is 0 Å². The summed E-state index contributed by atoms with van der Waals surface area (Å²) in [5.74, 6) is 0.880. The Morgan fingerprint density at radius 1 is 1.25 bits per heavy atom. The van der Waals surface area contributed by atoms with Gasteiger partial charge in [-0.1, -0.05) is 19.1 Å². The first-order chi connectivity index (χ1) is 11.5. The van der Waals surface area contributed by atoms with E-state index in [4.69, 9.17) is 0 Å². The Morgan fingerprint density at radius 2 is 1.96 bits per heavy atom. The highest BCUT2D eigenvalue weighted by Gasteiger charge is 2.20. The smallest absolute Gasteiger partial charge is 0.251 e. The third-order valence-electron chi connectivity index (χ3n) is 5.37. The lowest BCUT2D eigenvalue weighted by molar-refractivity contribution is -0.132. The van der Waals surface area contributed by atoms with Gasteiger partial charge < -0.3 is 9.88 Å². The fourth-order valence-corrected chi connectivity index (χ4v) is 3.41. The first-order valence-electron chi connectivity index (χ1n) is 8.85. The molecule has 24 heavy (non-hydrogen) atoms. The van der Waals surface area contributed by atoms with Gasteiger partial charge in [-0.15, -0.1) is 0 Å². The largest absolute Gasteiger partial charge is 0.343 e. The lowest BCUT2D eigenvalue weighted by Crippen LogP contribution is -2.38. The number of amides is 1. The molecular formula is C20H26N2O2. The van der Waals surface area contributed by atoms with Crippen molar-refractivity contribution in [2.45, 2.75) is 46.5 Å². The van der Waals surface area contributed by atoms with E-state index >= 15 is 0 Å². The highest BCUT2D eigenvalue weighted by molar-refractivity contribution is 5.83. The van der Waals surface area contributed by atoms with Crippen LogP contribution in [-0.4, -0.2) is 28.9 Å². The van der Waals surface area contributed by atoms with Gasteiger partial charge in [-0.2, -0.15) is 0 Å². The first kappa shape index (κ1) is 16.7. The van der Waals surface area contributed by atoms with Crippen LogP contribution >= 0.6 is 0 Å². The van der Waals surface area contributed by atoms with Crippen LogP contribution in [0.15, 0.2) is 23.0 Å². The van der Waals surface area contributed by atoms with Crippen molar-refractivity contribution in [1.29, 1.82) is 0 Å². The number of aromatic nitrogens is 1. The van der Waals surface area contributed by atoms with E-state index in [9.17, 15) is 9.59 Å². The molecule has 3 rings (SSSR count). The average Bonchev–Trinajstić information content (AvgIpc) is 2.57. The third kappa shape index (κ3) is 3.37. The molecular weight excluding hydrogens is 300 g/mol. The number of hydrogen-bond acceptors (Lipinski definition) is 2. The number of hydrogen-bond donors (Lipinski definition) is 1. The van der Waals surface area contributed by atoms with Gasteiger partial charge in [0.05, 0.1) is 5.52 Å². The summed E-state index contributed by atoms with van der Waals surface area (Å²) in [5, 5.41) is 1.03. The number of pyridine rings is 1. The Balaban J connectivity index is 1.73. The van der Waals surface area contributed by atoms with Crippen LogP contribution in [0.25, 0.3) is 10.9 Å². The van der Waals surface area contributed by atoms with Crippen molar-refractivity contribution in [3.8, 4) is 0 Å². The molecule has 0 atom stereocenters.